The summed E-state index contributed by atoms with van der Waals surface area (Å²) in [5.41, 5.74) is 0.296. The van der Waals surface area contributed by atoms with E-state index in [-0.39, 0.29) is 5.75 Å². The molecule has 0 atom stereocenters. The molecule has 0 spiro atoms. The van der Waals surface area contributed by atoms with Crippen molar-refractivity contribution in [3.8, 4) is 17.7 Å². The quantitative estimate of drug-likeness (QED) is 0.762. The maximum Gasteiger partial charge on any atom is 0.222 e. The van der Waals surface area contributed by atoms with E-state index < -0.39 is 0 Å². The van der Waals surface area contributed by atoms with Gasteiger partial charge in [-0.1, -0.05) is 6.07 Å². The number of hydrogen-bond acceptors (Lipinski definition) is 4. The zero-order chi connectivity index (χ0) is 10.8. The predicted molar refractivity (Wildman–Crippen MR) is 54.7 cm³/mol. The molecule has 1 aromatic heterocycles. The second-order valence-corrected chi connectivity index (χ2v) is 3.03. The van der Waals surface area contributed by atoms with Crippen LogP contribution in [-0.4, -0.2) is 17.2 Å². The Labute approximate surface area is 86.4 Å². The van der Waals surface area contributed by atoms with Crippen molar-refractivity contribution < 1.29 is 9.84 Å². The SMILES string of the molecule is COc1nc(C#N)cc2ccc(O)cc12. The van der Waals surface area contributed by atoms with E-state index >= 15 is 0 Å². The summed E-state index contributed by atoms with van der Waals surface area (Å²) in [5, 5.41) is 19.6. The van der Waals surface area contributed by atoms with E-state index in [1.165, 1.54) is 7.11 Å². The number of phenols is 1. The van der Waals surface area contributed by atoms with Gasteiger partial charge in [-0.15, -0.1) is 0 Å². The number of pyridine rings is 1. The minimum absolute atomic E-state index is 0.146. The minimum Gasteiger partial charge on any atom is -0.508 e. The van der Waals surface area contributed by atoms with Crippen molar-refractivity contribution in [1.82, 2.24) is 4.98 Å². The highest BCUT2D eigenvalue weighted by atomic mass is 16.5. The molecule has 0 saturated carbocycles. The van der Waals surface area contributed by atoms with Crippen molar-refractivity contribution in [1.29, 1.82) is 5.26 Å². The van der Waals surface area contributed by atoms with Gasteiger partial charge in [-0.3, -0.25) is 0 Å². The standard InChI is InChI=1S/C11H8N2O2/c1-15-11-10-5-9(14)3-2-7(10)4-8(6-12)13-11/h2-5,14H,1H3. The van der Waals surface area contributed by atoms with Gasteiger partial charge in [-0.05, 0) is 23.6 Å². The second-order valence-electron chi connectivity index (χ2n) is 3.03. The molecular weight excluding hydrogens is 192 g/mol. The molecule has 1 aromatic carbocycles. The van der Waals surface area contributed by atoms with Crippen LogP contribution in [0.3, 0.4) is 0 Å². The number of methoxy groups -OCH3 is 1. The number of nitriles is 1. The van der Waals surface area contributed by atoms with Gasteiger partial charge in [0.25, 0.3) is 0 Å². The molecule has 0 unspecified atom stereocenters. The first-order chi connectivity index (χ1) is 7.24. The van der Waals surface area contributed by atoms with Gasteiger partial charge in [0.2, 0.25) is 5.88 Å². The third-order valence-corrected chi connectivity index (χ3v) is 2.09. The van der Waals surface area contributed by atoms with E-state index in [1.807, 2.05) is 6.07 Å². The monoisotopic (exact) mass is 200 g/mol. The fraction of sp³-hybridized carbons (Fsp3) is 0.0909. The molecule has 4 nitrogen and oxygen atoms in total. The molecule has 4 heteroatoms. The molecule has 0 radical (unpaired) electrons. The Morgan fingerprint density at radius 1 is 1.40 bits per heavy atom. The Bertz CT molecular complexity index is 558. The number of ether oxygens (including phenoxy) is 1. The van der Waals surface area contributed by atoms with E-state index in [9.17, 15) is 5.11 Å². The van der Waals surface area contributed by atoms with E-state index in [4.69, 9.17) is 10.00 Å². The lowest BCUT2D eigenvalue weighted by Gasteiger charge is -2.05. The van der Waals surface area contributed by atoms with Crippen LogP contribution in [0.1, 0.15) is 5.69 Å². The first-order valence-corrected chi connectivity index (χ1v) is 4.32. The second kappa shape index (κ2) is 3.46. The Kier molecular flexibility index (Phi) is 2.14. The average Bonchev–Trinajstić information content (AvgIpc) is 2.27. The summed E-state index contributed by atoms with van der Waals surface area (Å²) >= 11 is 0. The van der Waals surface area contributed by atoms with Gasteiger partial charge < -0.3 is 9.84 Å². The molecule has 74 valence electrons. The number of hydrogen-bond donors (Lipinski definition) is 1. The first-order valence-electron chi connectivity index (χ1n) is 4.32. The third-order valence-electron chi connectivity index (χ3n) is 2.09. The number of nitrogens with zero attached hydrogens (tertiary/aromatic N) is 2. The highest BCUT2D eigenvalue weighted by molar-refractivity contribution is 5.88. The van der Waals surface area contributed by atoms with Gasteiger partial charge in [0.1, 0.15) is 17.5 Å². The predicted octanol–water partition coefficient (Wildman–Crippen LogP) is 1.82. The molecule has 15 heavy (non-hydrogen) atoms. The molecule has 0 saturated heterocycles. The highest BCUT2D eigenvalue weighted by Crippen LogP contribution is 2.27. The zero-order valence-corrected chi connectivity index (χ0v) is 8.06. The van der Waals surface area contributed by atoms with Crippen LogP contribution in [0.25, 0.3) is 10.8 Å². The molecule has 0 fully saturated rings. The van der Waals surface area contributed by atoms with Crippen LogP contribution < -0.4 is 4.74 Å². The number of benzene rings is 1. The molecule has 1 N–H and O–H groups in total. The van der Waals surface area contributed by atoms with Crippen LogP contribution in [0.2, 0.25) is 0 Å². The molecule has 1 heterocycles. The van der Waals surface area contributed by atoms with E-state index in [0.717, 1.165) is 5.39 Å². The van der Waals surface area contributed by atoms with Crippen molar-refractivity contribution in [3.05, 3.63) is 30.0 Å². The fourth-order valence-corrected chi connectivity index (χ4v) is 1.42. The van der Waals surface area contributed by atoms with Crippen LogP contribution in [-0.2, 0) is 0 Å². The number of aromatic hydroxyl groups is 1. The van der Waals surface area contributed by atoms with Gasteiger partial charge in [0, 0.05) is 5.39 Å². The topological polar surface area (TPSA) is 66.1 Å². The Morgan fingerprint density at radius 2 is 2.20 bits per heavy atom. The maximum atomic E-state index is 9.33. The maximum absolute atomic E-state index is 9.33. The van der Waals surface area contributed by atoms with Crippen LogP contribution in [0, 0.1) is 11.3 Å². The minimum atomic E-state index is 0.146. The highest BCUT2D eigenvalue weighted by Gasteiger charge is 2.06. The van der Waals surface area contributed by atoms with Gasteiger partial charge >= 0.3 is 0 Å². The first kappa shape index (κ1) is 9.28. The molecule has 0 aliphatic heterocycles. The fourth-order valence-electron chi connectivity index (χ4n) is 1.42. The van der Waals surface area contributed by atoms with Crippen molar-refractivity contribution >= 4 is 10.8 Å². The van der Waals surface area contributed by atoms with E-state index in [1.54, 1.807) is 24.3 Å². The Balaban J connectivity index is 2.82. The lowest BCUT2D eigenvalue weighted by molar-refractivity contribution is 0.402. The smallest absolute Gasteiger partial charge is 0.222 e. The van der Waals surface area contributed by atoms with Gasteiger partial charge in [-0.2, -0.15) is 5.26 Å². The van der Waals surface area contributed by atoms with Gasteiger partial charge in [0.15, 0.2) is 0 Å². The largest absolute Gasteiger partial charge is 0.508 e. The molecule has 0 aliphatic carbocycles. The summed E-state index contributed by atoms with van der Waals surface area (Å²) in [6.45, 7) is 0. The summed E-state index contributed by atoms with van der Waals surface area (Å²) in [4.78, 5) is 3.98. The van der Waals surface area contributed by atoms with E-state index in [0.29, 0.717) is 17.0 Å². The molecule has 2 aromatic rings. The molecule has 2 rings (SSSR count). The van der Waals surface area contributed by atoms with Crippen molar-refractivity contribution in [2.45, 2.75) is 0 Å². The van der Waals surface area contributed by atoms with Crippen LogP contribution >= 0.6 is 0 Å². The number of fused-ring (bicyclic) bond motifs is 1. The lowest BCUT2D eigenvalue weighted by Crippen LogP contribution is -1.92. The normalized spacial score (nSPS) is 9.87. The van der Waals surface area contributed by atoms with E-state index in [2.05, 4.69) is 4.98 Å². The Morgan fingerprint density at radius 3 is 2.87 bits per heavy atom. The summed E-state index contributed by atoms with van der Waals surface area (Å²) < 4.78 is 5.05. The van der Waals surface area contributed by atoms with Crippen molar-refractivity contribution in [2.75, 3.05) is 7.11 Å². The van der Waals surface area contributed by atoms with Crippen LogP contribution in [0.15, 0.2) is 24.3 Å². The van der Waals surface area contributed by atoms with Crippen LogP contribution in [0.4, 0.5) is 0 Å². The lowest BCUT2D eigenvalue weighted by atomic mass is 10.1. The summed E-state index contributed by atoms with van der Waals surface area (Å²) in [6.07, 6.45) is 0. The number of aromatic nitrogens is 1. The molecule has 0 aliphatic rings. The summed E-state index contributed by atoms with van der Waals surface area (Å²) in [6, 6.07) is 8.44. The van der Waals surface area contributed by atoms with Crippen LogP contribution in [0.5, 0.6) is 11.6 Å². The molecular formula is C11H8N2O2. The summed E-state index contributed by atoms with van der Waals surface area (Å²) in [7, 11) is 1.48. The molecule has 0 amide bonds. The van der Waals surface area contributed by atoms with Crippen molar-refractivity contribution in [3.63, 3.8) is 0 Å². The number of phenolic OH excluding ortho intramolecular Hbond substituents is 1. The summed E-state index contributed by atoms with van der Waals surface area (Å²) in [5.74, 6) is 0.493. The van der Waals surface area contributed by atoms with Crippen molar-refractivity contribution in [2.24, 2.45) is 0 Å². The molecule has 0 bridgehead atoms. The van der Waals surface area contributed by atoms with Gasteiger partial charge in [-0.25, -0.2) is 4.98 Å². The zero-order valence-electron chi connectivity index (χ0n) is 8.06. The Hall–Kier alpha value is -2.28. The van der Waals surface area contributed by atoms with Gasteiger partial charge in [0.05, 0.1) is 7.11 Å². The number of rotatable bonds is 1. The average molecular weight is 200 g/mol. The third kappa shape index (κ3) is 1.55.